The summed E-state index contributed by atoms with van der Waals surface area (Å²) >= 11 is 0. The maximum atomic E-state index is 12.0. The van der Waals surface area contributed by atoms with Crippen molar-refractivity contribution in [2.45, 2.75) is 58.1 Å². The van der Waals surface area contributed by atoms with Crippen molar-refractivity contribution in [3.05, 3.63) is 29.8 Å². The van der Waals surface area contributed by atoms with Crippen molar-refractivity contribution in [1.82, 2.24) is 5.32 Å². The molecule has 0 aromatic heterocycles. The number of aliphatic hydroxyl groups is 1. The zero-order chi connectivity index (χ0) is 16.2. The Hall–Kier alpha value is -1.55. The lowest BCUT2D eigenvalue weighted by atomic mass is 9.86. The van der Waals surface area contributed by atoms with Crippen LogP contribution in [0.2, 0.25) is 0 Å². The number of rotatable bonds is 5. The summed E-state index contributed by atoms with van der Waals surface area (Å²) in [5.41, 5.74) is -0.0483. The van der Waals surface area contributed by atoms with Crippen molar-refractivity contribution in [3.63, 3.8) is 0 Å². The molecule has 2 atom stereocenters. The van der Waals surface area contributed by atoms with E-state index in [1.807, 2.05) is 12.1 Å². The summed E-state index contributed by atoms with van der Waals surface area (Å²) in [6, 6.07) is 7.47. The highest BCUT2D eigenvalue weighted by Crippen LogP contribution is 2.24. The molecule has 0 saturated heterocycles. The Morgan fingerprint density at radius 3 is 2.50 bits per heavy atom. The Morgan fingerprint density at radius 1 is 1.27 bits per heavy atom. The summed E-state index contributed by atoms with van der Waals surface area (Å²) in [6.07, 6.45) is 4.70. The zero-order valence-corrected chi connectivity index (χ0v) is 13.8. The fourth-order valence-corrected chi connectivity index (χ4v) is 2.89. The quantitative estimate of drug-likeness (QED) is 0.879. The van der Waals surface area contributed by atoms with Gasteiger partial charge in [-0.25, -0.2) is 0 Å². The molecule has 2 unspecified atom stereocenters. The van der Waals surface area contributed by atoms with Crippen molar-refractivity contribution >= 4 is 5.91 Å². The van der Waals surface area contributed by atoms with Gasteiger partial charge in [0.15, 0.2) is 6.61 Å². The molecule has 0 radical (unpaired) electrons. The largest absolute Gasteiger partial charge is 0.484 e. The molecule has 4 heteroatoms. The van der Waals surface area contributed by atoms with Crippen LogP contribution >= 0.6 is 0 Å². The van der Waals surface area contributed by atoms with Crippen LogP contribution in [-0.2, 0) is 10.4 Å². The van der Waals surface area contributed by atoms with Gasteiger partial charge in [-0.15, -0.1) is 0 Å². The van der Waals surface area contributed by atoms with Gasteiger partial charge in [-0.2, -0.15) is 0 Å². The number of nitrogens with one attached hydrogen (secondary N) is 1. The molecule has 1 amide bonds. The van der Waals surface area contributed by atoms with Gasteiger partial charge in [0.25, 0.3) is 5.91 Å². The van der Waals surface area contributed by atoms with E-state index in [0.717, 1.165) is 12.0 Å². The molecule has 1 aromatic carbocycles. The number of carbonyl (C=O) groups excluding carboxylic acids is 1. The molecule has 0 heterocycles. The lowest BCUT2D eigenvalue weighted by Crippen LogP contribution is -2.43. The molecule has 1 fully saturated rings. The molecule has 0 spiro atoms. The van der Waals surface area contributed by atoms with Crippen LogP contribution in [0.5, 0.6) is 5.75 Å². The van der Waals surface area contributed by atoms with Crippen molar-refractivity contribution < 1.29 is 14.6 Å². The summed E-state index contributed by atoms with van der Waals surface area (Å²) in [5, 5.41) is 13.0. The second-order valence-corrected chi connectivity index (χ2v) is 6.81. The van der Waals surface area contributed by atoms with Gasteiger partial charge in [-0.3, -0.25) is 4.79 Å². The number of amides is 1. The molecule has 1 aliphatic rings. The fourth-order valence-electron chi connectivity index (χ4n) is 2.89. The van der Waals surface area contributed by atoms with E-state index in [0.29, 0.717) is 11.7 Å². The fraction of sp³-hybridized carbons (Fsp3) is 0.611. The first-order valence-electron chi connectivity index (χ1n) is 8.11. The first kappa shape index (κ1) is 16.8. The lowest BCUT2D eigenvalue weighted by molar-refractivity contribution is -0.124. The molecule has 1 aliphatic carbocycles. The average molecular weight is 305 g/mol. The van der Waals surface area contributed by atoms with E-state index < -0.39 is 5.60 Å². The van der Waals surface area contributed by atoms with E-state index in [2.05, 4.69) is 12.2 Å². The highest BCUT2D eigenvalue weighted by atomic mass is 16.5. The first-order valence-corrected chi connectivity index (χ1v) is 8.11. The van der Waals surface area contributed by atoms with E-state index in [9.17, 15) is 9.90 Å². The monoisotopic (exact) mass is 305 g/mol. The van der Waals surface area contributed by atoms with E-state index >= 15 is 0 Å². The molecular formula is C18H27NO3. The maximum absolute atomic E-state index is 12.0. The van der Waals surface area contributed by atoms with Gasteiger partial charge >= 0.3 is 0 Å². The van der Waals surface area contributed by atoms with Gasteiger partial charge < -0.3 is 15.2 Å². The minimum absolute atomic E-state index is 0.0328. The van der Waals surface area contributed by atoms with Crippen LogP contribution in [0, 0.1) is 5.92 Å². The number of benzene rings is 1. The summed E-state index contributed by atoms with van der Waals surface area (Å²) in [4.78, 5) is 12.0. The van der Waals surface area contributed by atoms with Crippen LogP contribution in [-0.4, -0.2) is 23.7 Å². The normalized spacial score (nSPS) is 22.2. The third-order valence-corrected chi connectivity index (χ3v) is 4.39. The number of ether oxygens (including phenoxy) is 1. The molecule has 2 rings (SSSR count). The van der Waals surface area contributed by atoms with E-state index in [1.165, 1.54) is 19.3 Å². The Morgan fingerprint density at radius 2 is 1.91 bits per heavy atom. The van der Waals surface area contributed by atoms with Crippen LogP contribution in [0.4, 0.5) is 0 Å². The van der Waals surface area contributed by atoms with Crippen LogP contribution < -0.4 is 10.1 Å². The van der Waals surface area contributed by atoms with Gasteiger partial charge in [0.2, 0.25) is 0 Å². The molecule has 4 nitrogen and oxygen atoms in total. The molecule has 1 aromatic rings. The minimum Gasteiger partial charge on any atom is -0.484 e. The summed E-state index contributed by atoms with van der Waals surface area (Å²) < 4.78 is 5.52. The Bertz CT molecular complexity index is 490. The van der Waals surface area contributed by atoms with Gasteiger partial charge in [0.05, 0.1) is 5.60 Å². The molecular weight excluding hydrogens is 278 g/mol. The zero-order valence-electron chi connectivity index (χ0n) is 13.8. The number of carbonyl (C=O) groups is 1. The van der Waals surface area contributed by atoms with E-state index in [-0.39, 0.29) is 18.6 Å². The molecule has 0 bridgehead atoms. The van der Waals surface area contributed by atoms with Gasteiger partial charge in [-0.1, -0.05) is 31.9 Å². The summed E-state index contributed by atoms with van der Waals surface area (Å²) in [6.45, 7) is 5.70. The van der Waals surface area contributed by atoms with Crippen molar-refractivity contribution in [1.29, 1.82) is 0 Å². The molecule has 122 valence electrons. The van der Waals surface area contributed by atoms with Crippen LogP contribution in [0.15, 0.2) is 24.3 Å². The van der Waals surface area contributed by atoms with Crippen molar-refractivity contribution in [2.75, 3.05) is 6.61 Å². The van der Waals surface area contributed by atoms with Crippen molar-refractivity contribution in [3.8, 4) is 5.75 Å². The van der Waals surface area contributed by atoms with Crippen LogP contribution in [0.1, 0.15) is 52.0 Å². The second kappa shape index (κ2) is 7.14. The number of hydrogen-bond donors (Lipinski definition) is 2. The summed E-state index contributed by atoms with van der Waals surface area (Å²) in [7, 11) is 0. The number of hydrogen-bond acceptors (Lipinski definition) is 3. The molecule has 2 N–H and O–H groups in total. The first-order chi connectivity index (χ1) is 10.4. The SMILES string of the molecule is CC1CCCCC1NC(=O)COc1ccc(C(C)(C)O)cc1. The minimum atomic E-state index is -0.868. The van der Waals surface area contributed by atoms with Crippen LogP contribution in [0.25, 0.3) is 0 Å². The molecule has 0 aliphatic heterocycles. The average Bonchev–Trinajstić information content (AvgIpc) is 2.47. The smallest absolute Gasteiger partial charge is 0.258 e. The maximum Gasteiger partial charge on any atom is 0.258 e. The Balaban J connectivity index is 1.81. The second-order valence-electron chi connectivity index (χ2n) is 6.81. The molecule has 1 saturated carbocycles. The third-order valence-electron chi connectivity index (χ3n) is 4.39. The Labute approximate surface area is 132 Å². The van der Waals surface area contributed by atoms with E-state index in [1.54, 1.807) is 26.0 Å². The third kappa shape index (κ3) is 4.73. The van der Waals surface area contributed by atoms with Crippen LogP contribution in [0.3, 0.4) is 0 Å². The Kier molecular flexibility index (Phi) is 5.46. The standard InChI is InChI=1S/C18H27NO3/c1-13-6-4-5-7-16(13)19-17(20)12-22-15-10-8-14(9-11-15)18(2,3)21/h8-11,13,16,21H,4-7,12H2,1-3H3,(H,19,20). The van der Waals surface area contributed by atoms with Gasteiger partial charge in [0, 0.05) is 6.04 Å². The molecule has 22 heavy (non-hydrogen) atoms. The summed E-state index contributed by atoms with van der Waals surface area (Å²) in [5.74, 6) is 1.12. The predicted octanol–water partition coefficient (Wildman–Crippen LogP) is 2.99. The highest BCUT2D eigenvalue weighted by molar-refractivity contribution is 5.77. The predicted molar refractivity (Wildman–Crippen MR) is 86.7 cm³/mol. The topological polar surface area (TPSA) is 58.6 Å². The van der Waals surface area contributed by atoms with Gasteiger partial charge in [0.1, 0.15) is 5.75 Å². The van der Waals surface area contributed by atoms with Gasteiger partial charge in [-0.05, 0) is 50.3 Å². The lowest BCUT2D eigenvalue weighted by Gasteiger charge is -2.29. The van der Waals surface area contributed by atoms with Crippen molar-refractivity contribution in [2.24, 2.45) is 5.92 Å². The highest BCUT2D eigenvalue weighted by Gasteiger charge is 2.22. The van der Waals surface area contributed by atoms with E-state index in [4.69, 9.17) is 4.74 Å².